The first kappa shape index (κ1) is 43.1. The molecule has 1 saturated heterocycles. The van der Waals surface area contributed by atoms with Gasteiger partial charge in [-0.25, -0.2) is 0 Å². The molecule has 5 aromatic rings. The maximum Gasteiger partial charge on any atom is 0.225 e. The predicted octanol–water partition coefficient (Wildman–Crippen LogP) is 10.7. The highest BCUT2D eigenvalue weighted by Crippen LogP contribution is 2.46. The number of hydrogen-bond donors (Lipinski definition) is 0. The second-order valence-corrected chi connectivity index (χ2v) is 22.0. The van der Waals surface area contributed by atoms with Gasteiger partial charge in [0.05, 0.1) is 26.4 Å². The number of benzene rings is 5. The standard InChI is InChI=1S/C49H57ClO8Si/c1-48(2,3)59(5,6)57-34-44-45(54-31-35-16-10-7-11-17-35)46(55-32-36-18-12-8-13-19-36)47(56-33-37-20-14-9-15-21-37)49(51-4,58-44)40-23-24-41(50)39(30-40)28-38-22-25-42-43(29-38)53-27-26-52-42/h7-25,29-30,44-47H,26-28,31-34H2,1-6H3/t44-,45-,46+,47-,49+/m1/s1. The molecule has 0 saturated carbocycles. The number of ether oxygens (including phenoxy) is 7. The Morgan fingerprint density at radius 2 is 1.22 bits per heavy atom. The van der Waals surface area contributed by atoms with Crippen LogP contribution in [0.3, 0.4) is 0 Å². The molecule has 0 aromatic heterocycles. The largest absolute Gasteiger partial charge is 0.486 e. The lowest BCUT2D eigenvalue weighted by molar-refractivity contribution is -0.384. The molecule has 0 N–H and O–H groups in total. The van der Waals surface area contributed by atoms with Gasteiger partial charge in [-0.2, -0.15) is 0 Å². The molecule has 10 heteroatoms. The number of fused-ring (bicyclic) bond motifs is 1. The zero-order valence-corrected chi connectivity index (χ0v) is 36.8. The van der Waals surface area contributed by atoms with Crippen LogP contribution in [0, 0.1) is 0 Å². The zero-order chi connectivity index (χ0) is 41.5. The first-order valence-electron chi connectivity index (χ1n) is 20.5. The summed E-state index contributed by atoms with van der Waals surface area (Å²) in [6.07, 6.45) is -2.20. The van der Waals surface area contributed by atoms with E-state index in [-0.39, 0.29) is 18.3 Å². The highest BCUT2D eigenvalue weighted by atomic mass is 35.5. The van der Waals surface area contributed by atoms with Crippen LogP contribution in [0.25, 0.3) is 0 Å². The van der Waals surface area contributed by atoms with Crippen LogP contribution in [0.5, 0.6) is 11.5 Å². The molecule has 312 valence electrons. The Hall–Kier alpha value is -4.03. The number of methoxy groups -OCH3 is 1. The van der Waals surface area contributed by atoms with Crippen molar-refractivity contribution in [2.75, 3.05) is 26.9 Å². The Morgan fingerprint density at radius 1 is 0.661 bits per heavy atom. The van der Waals surface area contributed by atoms with Crippen molar-refractivity contribution in [2.45, 2.75) is 95.3 Å². The summed E-state index contributed by atoms with van der Waals surface area (Å²) in [5.41, 5.74) is 5.71. The molecule has 0 spiro atoms. The summed E-state index contributed by atoms with van der Waals surface area (Å²) in [5.74, 6) is -0.0104. The molecule has 0 amide bonds. The van der Waals surface area contributed by atoms with E-state index in [1.54, 1.807) is 7.11 Å². The predicted molar refractivity (Wildman–Crippen MR) is 233 cm³/mol. The number of hydrogen-bond acceptors (Lipinski definition) is 8. The third kappa shape index (κ3) is 10.3. The molecule has 0 radical (unpaired) electrons. The fourth-order valence-corrected chi connectivity index (χ4v) is 8.53. The van der Waals surface area contributed by atoms with E-state index in [4.69, 9.17) is 49.2 Å². The second-order valence-electron chi connectivity index (χ2n) is 16.8. The minimum Gasteiger partial charge on any atom is -0.486 e. The minimum atomic E-state index is -2.27. The Bertz CT molecular complexity index is 2090. The smallest absolute Gasteiger partial charge is 0.225 e. The van der Waals surface area contributed by atoms with Gasteiger partial charge in [0.15, 0.2) is 19.8 Å². The molecule has 2 aliphatic heterocycles. The molecule has 2 heterocycles. The van der Waals surface area contributed by atoms with Gasteiger partial charge >= 0.3 is 0 Å². The maximum absolute atomic E-state index is 7.39. The highest BCUT2D eigenvalue weighted by Gasteiger charge is 2.59. The van der Waals surface area contributed by atoms with Crippen LogP contribution in [-0.2, 0) is 60.1 Å². The highest BCUT2D eigenvalue weighted by molar-refractivity contribution is 6.74. The van der Waals surface area contributed by atoms with E-state index in [2.05, 4.69) is 64.2 Å². The average Bonchev–Trinajstić information content (AvgIpc) is 3.25. The Labute approximate surface area is 355 Å². The van der Waals surface area contributed by atoms with E-state index < -0.39 is 38.5 Å². The summed E-state index contributed by atoms with van der Waals surface area (Å²) in [4.78, 5) is 0. The molecule has 8 nitrogen and oxygen atoms in total. The molecule has 7 rings (SSSR count). The van der Waals surface area contributed by atoms with Crippen molar-refractivity contribution in [1.82, 2.24) is 0 Å². The van der Waals surface area contributed by atoms with E-state index in [1.165, 1.54) is 0 Å². The van der Waals surface area contributed by atoms with Crippen molar-refractivity contribution < 1.29 is 37.6 Å². The van der Waals surface area contributed by atoms with E-state index in [0.29, 0.717) is 37.9 Å². The van der Waals surface area contributed by atoms with Crippen molar-refractivity contribution in [3.05, 3.63) is 166 Å². The third-order valence-electron chi connectivity index (χ3n) is 11.7. The fraction of sp³-hybridized carbons (Fsp3) is 0.388. The first-order valence-corrected chi connectivity index (χ1v) is 23.8. The van der Waals surface area contributed by atoms with Crippen molar-refractivity contribution in [3.63, 3.8) is 0 Å². The summed E-state index contributed by atoms with van der Waals surface area (Å²) in [5, 5.41) is 0.579. The quantitative estimate of drug-likeness (QED) is 0.0910. The van der Waals surface area contributed by atoms with E-state index in [1.807, 2.05) is 97.1 Å². The van der Waals surface area contributed by atoms with Crippen molar-refractivity contribution in [2.24, 2.45) is 0 Å². The molecule has 0 bridgehead atoms. The molecule has 2 aliphatic rings. The molecule has 59 heavy (non-hydrogen) atoms. The topological polar surface area (TPSA) is 73.8 Å². The monoisotopic (exact) mass is 836 g/mol. The molecule has 0 unspecified atom stereocenters. The maximum atomic E-state index is 7.39. The molecule has 0 aliphatic carbocycles. The lowest BCUT2D eigenvalue weighted by Gasteiger charge is -2.52. The normalized spacial score (nSPS) is 21.9. The Morgan fingerprint density at radius 3 is 1.80 bits per heavy atom. The average molecular weight is 838 g/mol. The van der Waals surface area contributed by atoms with E-state index in [0.717, 1.165) is 44.9 Å². The van der Waals surface area contributed by atoms with Gasteiger partial charge in [-0.05, 0) is 76.6 Å². The number of rotatable bonds is 16. The van der Waals surface area contributed by atoms with Gasteiger partial charge in [0.25, 0.3) is 0 Å². The molecule has 5 aromatic carbocycles. The van der Waals surface area contributed by atoms with E-state index >= 15 is 0 Å². The third-order valence-corrected chi connectivity index (χ3v) is 16.6. The number of halogens is 1. The van der Waals surface area contributed by atoms with Crippen LogP contribution in [-0.4, -0.2) is 59.7 Å². The Balaban J connectivity index is 1.33. The lowest BCUT2D eigenvalue weighted by atomic mass is 9.86. The summed E-state index contributed by atoms with van der Waals surface area (Å²) in [6.45, 7) is 13.4. The summed E-state index contributed by atoms with van der Waals surface area (Å²) < 4.78 is 53.9. The Kier molecular flexibility index (Phi) is 14.0. The van der Waals surface area contributed by atoms with Crippen LogP contribution >= 0.6 is 11.6 Å². The summed E-state index contributed by atoms with van der Waals surface area (Å²) >= 11 is 7.01. The van der Waals surface area contributed by atoms with Crippen LogP contribution in [0.15, 0.2) is 127 Å². The minimum absolute atomic E-state index is 0.0378. The second kappa shape index (κ2) is 19.1. The SMILES string of the molecule is CO[C@@]1(c2ccc(Cl)c(Cc3ccc4c(c3)OCCO4)c2)O[C@H](CO[Si](C)(C)C(C)(C)C)[C@@H](OCc2ccccc2)[C@H](OCc2ccccc2)[C@H]1OCc1ccccc1. The summed E-state index contributed by atoms with van der Waals surface area (Å²) in [6, 6.07) is 42.3. The van der Waals surface area contributed by atoms with Crippen molar-refractivity contribution >= 4 is 19.9 Å². The van der Waals surface area contributed by atoms with Crippen LogP contribution in [0.4, 0.5) is 0 Å². The van der Waals surface area contributed by atoms with Gasteiger partial charge in [-0.3, -0.25) is 0 Å². The molecule has 5 atom stereocenters. The van der Waals surface area contributed by atoms with Crippen LogP contribution in [0.2, 0.25) is 23.2 Å². The van der Waals surface area contributed by atoms with Crippen molar-refractivity contribution in [1.29, 1.82) is 0 Å². The fourth-order valence-electron chi connectivity index (χ4n) is 7.34. The molecular weight excluding hydrogens is 780 g/mol. The van der Waals surface area contributed by atoms with Gasteiger partial charge in [0.2, 0.25) is 5.79 Å². The summed E-state index contributed by atoms with van der Waals surface area (Å²) in [7, 11) is -0.600. The van der Waals surface area contributed by atoms with Gasteiger partial charge in [0.1, 0.15) is 37.6 Å². The molecular formula is C49H57ClO8Si. The first-order chi connectivity index (χ1) is 28.5. The van der Waals surface area contributed by atoms with Gasteiger partial charge in [-0.1, -0.05) is 136 Å². The zero-order valence-electron chi connectivity index (χ0n) is 35.0. The van der Waals surface area contributed by atoms with Crippen LogP contribution < -0.4 is 9.47 Å². The molecule has 1 fully saturated rings. The van der Waals surface area contributed by atoms with E-state index in [9.17, 15) is 0 Å². The van der Waals surface area contributed by atoms with Gasteiger partial charge in [-0.15, -0.1) is 0 Å². The lowest BCUT2D eigenvalue weighted by Crippen LogP contribution is -2.66. The van der Waals surface area contributed by atoms with Gasteiger partial charge in [0, 0.05) is 17.7 Å². The van der Waals surface area contributed by atoms with Crippen molar-refractivity contribution in [3.8, 4) is 11.5 Å². The van der Waals surface area contributed by atoms with Gasteiger partial charge < -0.3 is 37.6 Å². The van der Waals surface area contributed by atoms with Crippen LogP contribution in [0.1, 0.15) is 54.2 Å².